The highest BCUT2D eigenvalue weighted by Crippen LogP contribution is 2.14. The van der Waals surface area contributed by atoms with E-state index in [2.05, 4.69) is 17.3 Å². The topological polar surface area (TPSA) is 58.4 Å². The van der Waals surface area contributed by atoms with Gasteiger partial charge in [-0.05, 0) is 44.1 Å². The first-order valence-corrected chi connectivity index (χ1v) is 6.96. The molecule has 0 bridgehead atoms. The van der Waals surface area contributed by atoms with E-state index in [1.165, 1.54) is 25.8 Å². The van der Waals surface area contributed by atoms with E-state index in [1.807, 2.05) is 18.2 Å². The zero-order valence-corrected chi connectivity index (χ0v) is 11.6. The highest BCUT2D eigenvalue weighted by Gasteiger charge is 2.17. The highest BCUT2D eigenvalue weighted by atomic mass is 16.1. The molecule has 1 aromatic rings. The number of nitrogens with zero attached hydrogens (tertiary/aromatic N) is 1. The minimum atomic E-state index is -0.367. The maximum atomic E-state index is 11.1. The molecule has 0 saturated carbocycles. The second-order valence-electron chi connectivity index (χ2n) is 5.33. The fraction of sp³-hybridized carbons (Fsp3) is 0.533. The minimum Gasteiger partial charge on any atom is -0.366 e. The van der Waals surface area contributed by atoms with Crippen LogP contribution in [0.1, 0.15) is 35.2 Å². The zero-order valence-electron chi connectivity index (χ0n) is 11.6. The van der Waals surface area contributed by atoms with E-state index < -0.39 is 0 Å². The number of carbonyl (C=O) groups excluding carboxylic acids is 1. The number of primary amides is 1. The zero-order chi connectivity index (χ0) is 13.7. The first kappa shape index (κ1) is 14.0. The van der Waals surface area contributed by atoms with Gasteiger partial charge in [-0.1, -0.05) is 18.6 Å². The van der Waals surface area contributed by atoms with Gasteiger partial charge in [0.15, 0.2) is 0 Å². The second kappa shape index (κ2) is 6.68. The van der Waals surface area contributed by atoms with E-state index in [0.29, 0.717) is 11.6 Å². The Morgan fingerprint density at radius 3 is 3.05 bits per heavy atom. The summed E-state index contributed by atoms with van der Waals surface area (Å²) in [6.45, 7) is 2.98. The Morgan fingerprint density at radius 1 is 1.47 bits per heavy atom. The van der Waals surface area contributed by atoms with Gasteiger partial charge in [-0.25, -0.2) is 0 Å². The molecule has 1 aromatic carbocycles. The molecule has 0 radical (unpaired) electrons. The average molecular weight is 261 g/mol. The molecule has 4 nitrogen and oxygen atoms in total. The maximum absolute atomic E-state index is 11.1. The van der Waals surface area contributed by atoms with Crippen molar-refractivity contribution in [1.29, 1.82) is 0 Å². The lowest BCUT2D eigenvalue weighted by molar-refractivity contribution is 0.1000. The lowest BCUT2D eigenvalue weighted by Crippen LogP contribution is -2.42. The normalized spacial score (nSPS) is 20.4. The van der Waals surface area contributed by atoms with Gasteiger partial charge in [0.1, 0.15) is 0 Å². The molecular weight excluding hydrogens is 238 g/mol. The molecule has 1 heterocycles. The number of hydrogen-bond acceptors (Lipinski definition) is 3. The summed E-state index contributed by atoms with van der Waals surface area (Å²) in [5, 5.41) is 3.47. The number of piperidine rings is 1. The summed E-state index contributed by atoms with van der Waals surface area (Å²) in [5.41, 5.74) is 6.96. The van der Waals surface area contributed by atoms with Crippen molar-refractivity contribution in [3.8, 4) is 0 Å². The average Bonchev–Trinajstić information content (AvgIpc) is 2.41. The van der Waals surface area contributed by atoms with Gasteiger partial charge < -0.3 is 16.0 Å². The van der Waals surface area contributed by atoms with E-state index in [1.54, 1.807) is 6.07 Å². The fourth-order valence-corrected chi connectivity index (χ4v) is 2.62. The summed E-state index contributed by atoms with van der Waals surface area (Å²) in [6, 6.07) is 8.14. The molecule has 0 aliphatic carbocycles. The van der Waals surface area contributed by atoms with Crippen molar-refractivity contribution < 1.29 is 4.79 Å². The largest absolute Gasteiger partial charge is 0.366 e. The number of benzene rings is 1. The summed E-state index contributed by atoms with van der Waals surface area (Å²) in [5.74, 6) is -0.367. The molecule has 1 fully saturated rings. The number of likely N-dealkylation sites (tertiary alicyclic amines) is 1. The molecule has 1 atom stereocenters. The number of nitrogens with one attached hydrogen (secondary N) is 1. The van der Waals surface area contributed by atoms with Crippen LogP contribution >= 0.6 is 0 Å². The third-order valence-corrected chi connectivity index (χ3v) is 3.84. The molecular formula is C15H23N3O. The maximum Gasteiger partial charge on any atom is 0.248 e. The van der Waals surface area contributed by atoms with Crippen molar-refractivity contribution >= 4 is 5.91 Å². The van der Waals surface area contributed by atoms with Gasteiger partial charge >= 0.3 is 0 Å². The van der Waals surface area contributed by atoms with Gasteiger partial charge in [0.25, 0.3) is 0 Å². The van der Waals surface area contributed by atoms with E-state index in [9.17, 15) is 4.79 Å². The first-order valence-electron chi connectivity index (χ1n) is 6.96. The van der Waals surface area contributed by atoms with Gasteiger partial charge in [-0.3, -0.25) is 4.79 Å². The molecule has 1 aliphatic rings. The van der Waals surface area contributed by atoms with Crippen molar-refractivity contribution in [2.75, 3.05) is 20.1 Å². The van der Waals surface area contributed by atoms with E-state index in [-0.39, 0.29) is 5.91 Å². The predicted octanol–water partition coefficient (Wildman–Crippen LogP) is 1.36. The van der Waals surface area contributed by atoms with Crippen molar-refractivity contribution in [3.63, 3.8) is 0 Å². The van der Waals surface area contributed by atoms with Gasteiger partial charge in [0.2, 0.25) is 5.91 Å². The second-order valence-corrected chi connectivity index (χ2v) is 5.33. The van der Waals surface area contributed by atoms with Crippen LogP contribution in [0.2, 0.25) is 0 Å². The smallest absolute Gasteiger partial charge is 0.248 e. The highest BCUT2D eigenvalue weighted by molar-refractivity contribution is 5.92. The van der Waals surface area contributed by atoms with Crippen molar-refractivity contribution in [2.24, 2.45) is 5.73 Å². The Kier molecular flexibility index (Phi) is 4.93. The standard InChI is InChI=1S/C15H23N3O/c1-18-8-3-2-7-14(18)11-17-10-12-5-4-6-13(9-12)15(16)19/h4-6,9,14,17H,2-3,7-8,10-11H2,1H3,(H2,16,19). The van der Waals surface area contributed by atoms with Crippen LogP contribution in [0.3, 0.4) is 0 Å². The predicted molar refractivity (Wildman–Crippen MR) is 76.9 cm³/mol. The Hall–Kier alpha value is -1.39. The van der Waals surface area contributed by atoms with E-state index >= 15 is 0 Å². The van der Waals surface area contributed by atoms with Gasteiger partial charge in [-0.2, -0.15) is 0 Å². The van der Waals surface area contributed by atoms with E-state index in [4.69, 9.17) is 5.73 Å². The molecule has 1 unspecified atom stereocenters. The van der Waals surface area contributed by atoms with Crippen molar-refractivity contribution in [3.05, 3.63) is 35.4 Å². The number of likely N-dealkylation sites (N-methyl/N-ethyl adjacent to an activating group) is 1. The number of nitrogens with two attached hydrogens (primary N) is 1. The van der Waals surface area contributed by atoms with Crippen LogP contribution < -0.4 is 11.1 Å². The van der Waals surface area contributed by atoms with Crippen molar-refractivity contribution in [1.82, 2.24) is 10.2 Å². The molecule has 0 aromatic heterocycles. The van der Waals surface area contributed by atoms with Crippen molar-refractivity contribution in [2.45, 2.75) is 31.8 Å². The Bertz CT molecular complexity index is 433. The monoisotopic (exact) mass is 261 g/mol. The minimum absolute atomic E-state index is 0.367. The SMILES string of the molecule is CN1CCCCC1CNCc1cccc(C(N)=O)c1. The lowest BCUT2D eigenvalue weighted by atomic mass is 10.0. The molecule has 3 N–H and O–H groups in total. The van der Waals surface area contributed by atoms with Crippen LogP contribution in [0.4, 0.5) is 0 Å². The van der Waals surface area contributed by atoms with Gasteiger partial charge in [0.05, 0.1) is 0 Å². The van der Waals surface area contributed by atoms with Gasteiger partial charge in [0, 0.05) is 24.7 Å². The molecule has 1 amide bonds. The first-order chi connectivity index (χ1) is 9.16. The summed E-state index contributed by atoms with van der Waals surface area (Å²) in [7, 11) is 2.19. The molecule has 0 spiro atoms. The summed E-state index contributed by atoms with van der Waals surface area (Å²) >= 11 is 0. The van der Waals surface area contributed by atoms with E-state index in [0.717, 1.165) is 18.7 Å². The van der Waals surface area contributed by atoms with Crippen LogP contribution in [0, 0.1) is 0 Å². The third kappa shape index (κ3) is 4.04. The summed E-state index contributed by atoms with van der Waals surface area (Å²) in [6.07, 6.45) is 3.91. The third-order valence-electron chi connectivity index (χ3n) is 3.84. The molecule has 19 heavy (non-hydrogen) atoms. The molecule has 4 heteroatoms. The fourth-order valence-electron chi connectivity index (χ4n) is 2.62. The lowest BCUT2D eigenvalue weighted by Gasteiger charge is -2.32. The Morgan fingerprint density at radius 2 is 2.32 bits per heavy atom. The van der Waals surface area contributed by atoms with Crippen LogP contribution in [-0.4, -0.2) is 37.0 Å². The number of hydrogen-bond donors (Lipinski definition) is 2. The number of rotatable bonds is 5. The summed E-state index contributed by atoms with van der Waals surface area (Å²) < 4.78 is 0. The van der Waals surface area contributed by atoms with Crippen LogP contribution in [0.5, 0.6) is 0 Å². The molecule has 1 aliphatic heterocycles. The van der Waals surface area contributed by atoms with Crippen LogP contribution in [0.25, 0.3) is 0 Å². The molecule has 1 saturated heterocycles. The molecule has 104 valence electrons. The number of carbonyl (C=O) groups is 1. The Balaban J connectivity index is 1.82. The Labute approximate surface area is 115 Å². The quantitative estimate of drug-likeness (QED) is 0.841. The van der Waals surface area contributed by atoms with Gasteiger partial charge in [-0.15, -0.1) is 0 Å². The number of amides is 1. The molecule has 2 rings (SSSR count). The van der Waals surface area contributed by atoms with Crippen LogP contribution in [0.15, 0.2) is 24.3 Å². The summed E-state index contributed by atoms with van der Waals surface area (Å²) in [4.78, 5) is 13.5. The van der Waals surface area contributed by atoms with Crippen LogP contribution in [-0.2, 0) is 6.54 Å².